The highest BCUT2D eigenvalue weighted by Crippen LogP contribution is 2.33. The number of aromatic nitrogens is 3. The molecule has 0 spiro atoms. The Morgan fingerprint density at radius 1 is 0.897 bits per heavy atom. The van der Waals surface area contributed by atoms with Crippen LogP contribution in [0.15, 0.2) is 42.6 Å². The molecule has 0 aliphatic rings. The SMILES string of the molecule is CCCNc1ncc(-c2ccc3c(C)c(-c4cc(C)nc(C)c4)[nH]c3c2)cc1C. The van der Waals surface area contributed by atoms with Gasteiger partial charge in [-0.05, 0) is 75.1 Å². The number of anilines is 1. The van der Waals surface area contributed by atoms with Gasteiger partial charge in [-0.2, -0.15) is 0 Å². The van der Waals surface area contributed by atoms with E-state index >= 15 is 0 Å². The lowest BCUT2D eigenvalue weighted by Crippen LogP contribution is -2.03. The zero-order chi connectivity index (χ0) is 20.5. The Morgan fingerprint density at radius 3 is 2.34 bits per heavy atom. The summed E-state index contributed by atoms with van der Waals surface area (Å²) in [6.07, 6.45) is 3.04. The van der Waals surface area contributed by atoms with Crippen LogP contribution in [-0.2, 0) is 0 Å². The predicted octanol–water partition coefficient (Wildman–Crippen LogP) is 6.35. The molecule has 2 N–H and O–H groups in total. The maximum atomic E-state index is 4.63. The summed E-state index contributed by atoms with van der Waals surface area (Å²) in [6.45, 7) is 11.5. The van der Waals surface area contributed by atoms with Crippen molar-refractivity contribution in [3.8, 4) is 22.4 Å². The van der Waals surface area contributed by atoms with E-state index in [4.69, 9.17) is 0 Å². The smallest absolute Gasteiger partial charge is 0.128 e. The van der Waals surface area contributed by atoms with E-state index in [9.17, 15) is 0 Å². The summed E-state index contributed by atoms with van der Waals surface area (Å²) >= 11 is 0. The van der Waals surface area contributed by atoms with Crippen molar-refractivity contribution in [1.82, 2.24) is 15.0 Å². The first-order valence-electron chi connectivity index (χ1n) is 10.2. The topological polar surface area (TPSA) is 53.6 Å². The predicted molar refractivity (Wildman–Crippen MR) is 122 cm³/mol. The van der Waals surface area contributed by atoms with Gasteiger partial charge in [0.1, 0.15) is 5.82 Å². The third kappa shape index (κ3) is 3.75. The Bertz CT molecular complexity index is 1170. The minimum absolute atomic E-state index is 0.942. The molecule has 3 heterocycles. The van der Waals surface area contributed by atoms with Crippen LogP contribution in [0.3, 0.4) is 0 Å². The van der Waals surface area contributed by atoms with Crippen molar-refractivity contribution in [2.24, 2.45) is 0 Å². The molecule has 4 nitrogen and oxygen atoms in total. The summed E-state index contributed by atoms with van der Waals surface area (Å²) in [4.78, 5) is 12.8. The van der Waals surface area contributed by atoms with Gasteiger partial charge in [-0.1, -0.05) is 19.1 Å². The molecule has 0 fully saturated rings. The third-order valence-electron chi connectivity index (χ3n) is 5.38. The van der Waals surface area contributed by atoms with Gasteiger partial charge >= 0.3 is 0 Å². The lowest BCUT2D eigenvalue weighted by molar-refractivity contribution is 0.966. The summed E-state index contributed by atoms with van der Waals surface area (Å²) in [5, 5.41) is 4.64. The monoisotopic (exact) mass is 384 g/mol. The van der Waals surface area contributed by atoms with Gasteiger partial charge in [-0.3, -0.25) is 4.98 Å². The largest absolute Gasteiger partial charge is 0.370 e. The summed E-state index contributed by atoms with van der Waals surface area (Å²) in [7, 11) is 0. The van der Waals surface area contributed by atoms with Crippen molar-refractivity contribution in [3.05, 3.63) is 65.1 Å². The van der Waals surface area contributed by atoms with Crippen LogP contribution in [0, 0.1) is 27.7 Å². The van der Waals surface area contributed by atoms with Crippen LogP contribution < -0.4 is 5.32 Å². The molecule has 148 valence electrons. The van der Waals surface area contributed by atoms with E-state index in [-0.39, 0.29) is 0 Å². The van der Waals surface area contributed by atoms with Crippen LogP contribution in [0.2, 0.25) is 0 Å². The van der Waals surface area contributed by atoms with Crippen LogP contribution >= 0.6 is 0 Å². The Labute approximate surface area is 172 Å². The zero-order valence-electron chi connectivity index (χ0n) is 17.9. The Kier molecular flexibility index (Phi) is 5.10. The molecule has 0 unspecified atom stereocenters. The van der Waals surface area contributed by atoms with Crippen LogP contribution in [0.4, 0.5) is 5.82 Å². The van der Waals surface area contributed by atoms with Gasteiger partial charge in [0, 0.05) is 51.9 Å². The van der Waals surface area contributed by atoms with Crippen LogP contribution in [0.1, 0.15) is 35.9 Å². The van der Waals surface area contributed by atoms with Crippen molar-refractivity contribution >= 4 is 16.7 Å². The van der Waals surface area contributed by atoms with E-state index in [1.165, 1.54) is 33.3 Å². The lowest BCUT2D eigenvalue weighted by Gasteiger charge is -2.09. The van der Waals surface area contributed by atoms with Crippen LogP contribution in [-0.4, -0.2) is 21.5 Å². The maximum Gasteiger partial charge on any atom is 0.128 e. The molecular formula is C25H28N4. The normalized spacial score (nSPS) is 11.2. The van der Waals surface area contributed by atoms with Gasteiger partial charge in [0.05, 0.1) is 0 Å². The molecule has 4 rings (SSSR count). The van der Waals surface area contributed by atoms with Gasteiger partial charge in [-0.15, -0.1) is 0 Å². The first-order valence-corrected chi connectivity index (χ1v) is 10.2. The van der Waals surface area contributed by atoms with Gasteiger partial charge < -0.3 is 10.3 Å². The fourth-order valence-electron chi connectivity index (χ4n) is 3.95. The van der Waals surface area contributed by atoms with Gasteiger partial charge in [-0.25, -0.2) is 4.98 Å². The van der Waals surface area contributed by atoms with Crippen molar-refractivity contribution in [3.63, 3.8) is 0 Å². The molecule has 0 amide bonds. The second-order valence-corrected chi connectivity index (χ2v) is 7.84. The maximum absolute atomic E-state index is 4.63. The fourth-order valence-corrected chi connectivity index (χ4v) is 3.95. The van der Waals surface area contributed by atoms with E-state index in [0.717, 1.165) is 41.3 Å². The summed E-state index contributed by atoms with van der Waals surface area (Å²) in [5.41, 5.74) is 10.3. The van der Waals surface area contributed by atoms with E-state index in [0.29, 0.717) is 0 Å². The number of nitrogens with one attached hydrogen (secondary N) is 2. The van der Waals surface area contributed by atoms with Gasteiger partial charge in [0.25, 0.3) is 0 Å². The van der Waals surface area contributed by atoms with Crippen LogP contribution in [0.25, 0.3) is 33.3 Å². The molecule has 4 aromatic rings. The number of aryl methyl sites for hydroxylation is 4. The molecule has 0 aliphatic carbocycles. The molecule has 3 aromatic heterocycles. The molecule has 0 saturated carbocycles. The van der Waals surface area contributed by atoms with Gasteiger partial charge in [0.15, 0.2) is 0 Å². The second-order valence-electron chi connectivity index (χ2n) is 7.84. The highest BCUT2D eigenvalue weighted by Gasteiger charge is 2.12. The Morgan fingerprint density at radius 2 is 1.66 bits per heavy atom. The average molecular weight is 385 g/mol. The third-order valence-corrected chi connectivity index (χ3v) is 5.38. The first kappa shape index (κ1) is 19.2. The highest BCUT2D eigenvalue weighted by molar-refractivity contribution is 5.93. The van der Waals surface area contributed by atoms with Crippen LogP contribution in [0.5, 0.6) is 0 Å². The minimum atomic E-state index is 0.942. The number of H-pyrrole nitrogens is 1. The number of benzene rings is 1. The molecule has 0 saturated heterocycles. The molecule has 0 aliphatic heterocycles. The lowest BCUT2D eigenvalue weighted by atomic mass is 10.0. The molecule has 1 aromatic carbocycles. The van der Waals surface area contributed by atoms with Crippen molar-refractivity contribution < 1.29 is 0 Å². The number of nitrogens with zero attached hydrogens (tertiary/aromatic N) is 2. The van der Waals surface area contributed by atoms with E-state index in [1.807, 2.05) is 20.0 Å². The number of hydrogen-bond acceptors (Lipinski definition) is 3. The summed E-state index contributed by atoms with van der Waals surface area (Å²) in [5.74, 6) is 0.970. The fraction of sp³-hybridized carbons (Fsp3) is 0.280. The molecule has 4 heteroatoms. The number of pyridine rings is 2. The van der Waals surface area contributed by atoms with Crippen molar-refractivity contribution in [2.45, 2.75) is 41.0 Å². The zero-order valence-corrected chi connectivity index (χ0v) is 17.9. The first-order chi connectivity index (χ1) is 14.0. The highest BCUT2D eigenvalue weighted by atomic mass is 15.0. The summed E-state index contributed by atoms with van der Waals surface area (Å²) in [6, 6.07) is 13.1. The minimum Gasteiger partial charge on any atom is -0.370 e. The number of aromatic amines is 1. The second kappa shape index (κ2) is 7.70. The van der Waals surface area contributed by atoms with E-state index in [2.05, 4.69) is 77.4 Å². The molecular weight excluding hydrogens is 356 g/mol. The Hall–Kier alpha value is -3.14. The average Bonchev–Trinajstić information content (AvgIpc) is 3.02. The van der Waals surface area contributed by atoms with Crippen molar-refractivity contribution in [2.75, 3.05) is 11.9 Å². The Balaban J connectivity index is 1.74. The number of rotatable bonds is 5. The molecule has 0 atom stereocenters. The summed E-state index contributed by atoms with van der Waals surface area (Å²) < 4.78 is 0. The van der Waals surface area contributed by atoms with E-state index in [1.54, 1.807) is 0 Å². The molecule has 0 radical (unpaired) electrons. The molecule has 29 heavy (non-hydrogen) atoms. The number of hydrogen-bond donors (Lipinski definition) is 2. The quantitative estimate of drug-likeness (QED) is 0.422. The van der Waals surface area contributed by atoms with Crippen molar-refractivity contribution in [1.29, 1.82) is 0 Å². The van der Waals surface area contributed by atoms with E-state index < -0.39 is 0 Å². The van der Waals surface area contributed by atoms with Gasteiger partial charge in [0.2, 0.25) is 0 Å². The molecule has 0 bridgehead atoms. The standard InChI is InChI=1S/C25H28N4/c1-6-9-26-25-15(2)10-21(14-27-25)19-7-8-22-18(5)24(29-23(22)13-19)20-11-16(3)28-17(4)12-20/h7-8,10-14,29H,6,9H2,1-5H3,(H,26,27). The number of fused-ring (bicyclic) bond motifs is 1.